The van der Waals surface area contributed by atoms with Crippen molar-refractivity contribution in [3.8, 4) is 0 Å². The van der Waals surface area contributed by atoms with E-state index in [1.807, 2.05) is 0 Å². The van der Waals surface area contributed by atoms with Gasteiger partial charge >= 0.3 is 19.8 Å². The average molecular weight is 282 g/mol. The molecule has 2 amide bonds. The van der Waals surface area contributed by atoms with Gasteiger partial charge in [-0.3, -0.25) is 4.52 Å². The monoisotopic (exact) mass is 282 g/mol. The van der Waals surface area contributed by atoms with Gasteiger partial charge in [-0.25, -0.2) is 9.36 Å². The van der Waals surface area contributed by atoms with E-state index in [1.165, 1.54) is 0 Å². The average Bonchev–Trinajstić information content (AvgIpc) is 2.57. The Morgan fingerprint density at radius 2 is 2.00 bits per heavy atom. The number of quaternary nitrogens is 1. The molecule has 1 saturated heterocycles. The first kappa shape index (κ1) is 15.3. The van der Waals surface area contributed by atoms with Gasteiger partial charge in [-0.15, -0.1) is 0 Å². The van der Waals surface area contributed by atoms with E-state index in [1.54, 1.807) is 6.92 Å². The van der Waals surface area contributed by atoms with Gasteiger partial charge in [-0.2, -0.15) is 9.28 Å². The van der Waals surface area contributed by atoms with Gasteiger partial charge in [0.05, 0.1) is 6.54 Å². The molecule has 1 aliphatic rings. The largest absolute Gasteiger partial charge is 0.521 e. The van der Waals surface area contributed by atoms with Crippen LogP contribution in [0.3, 0.4) is 0 Å². The molecule has 0 aromatic carbocycles. The number of carbonyl (C=O) groups is 2. The summed E-state index contributed by atoms with van der Waals surface area (Å²) in [5.74, 6) is -0.837. The molecule has 0 aromatic rings. The summed E-state index contributed by atoms with van der Waals surface area (Å²) in [4.78, 5) is 40.8. The molecule has 2 unspecified atom stereocenters. The van der Waals surface area contributed by atoms with Crippen molar-refractivity contribution < 1.29 is 38.1 Å². The number of carboxylic acid groups (broad SMARTS) is 1. The Bertz CT molecular complexity index is 406. The van der Waals surface area contributed by atoms with Crippen LogP contribution in [0.15, 0.2) is 0 Å². The van der Waals surface area contributed by atoms with Crippen LogP contribution in [-0.2, 0) is 13.9 Å². The first-order valence-electron chi connectivity index (χ1n) is 5.51. The van der Waals surface area contributed by atoms with E-state index >= 15 is 0 Å². The molecule has 0 bridgehead atoms. The third-order valence-electron chi connectivity index (χ3n) is 3.26. The zero-order valence-electron chi connectivity index (χ0n) is 10.1. The summed E-state index contributed by atoms with van der Waals surface area (Å²) in [7, 11) is -4.82. The molecule has 0 spiro atoms. The third kappa shape index (κ3) is 2.78. The lowest BCUT2D eigenvalue weighted by molar-refractivity contribution is -0.793. The molecule has 0 radical (unpaired) electrons. The van der Waals surface area contributed by atoms with Crippen LogP contribution in [0, 0.1) is 0 Å². The normalized spacial score (nSPS) is 30.1. The summed E-state index contributed by atoms with van der Waals surface area (Å²) < 4.78 is 14.1. The summed E-state index contributed by atoms with van der Waals surface area (Å²) in [6.45, 7) is 2.89. The van der Waals surface area contributed by atoms with E-state index in [0.717, 1.165) is 6.92 Å². The number of likely N-dealkylation sites (tertiary alicyclic amines) is 1. The van der Waals surface area contributed by atoms with Gasteiger partial charge in [-0.1, -0.05) is 0 Å². The highest BCUT2D eigenvalue weighted by atomic mass is 31.2. The highest BCUT2D eigenvalue weighted by molar-refractivity contribution is 7.46. The Balaban J connectivity index is 2.98. The van der Waals surface area contributed by atoms with Crippen LogP contribution in [0.4, 0.5) is 4.79 Å². The van der Waals surface area contributed by atoms with Crippen molar-refractivity contribution >= 4 is 19.8 Å². The molecule has 1 aliphatic heterocycles. The summed E-state index contributed by atoms with van der Waals surface area (Å²) in [6, 6.07) is -0.433. The maximum Gasteiger partial charge on any atom is 0.521 e. The number of phosphoric acid groups is 1. The fraction of sp³-hybridized carbons (Fsp3) is 0.778. The second-order valence-corrected chi connectivity index (χ2v) is 5.63. The highest BCUT2D eigenvalue weighted by Crippen LogP contribution is 2.39. The zero-order valence-corrected chi connectivity index (χ0v) is 11.0. The van der Waals surface area contributed by atoms with Crippen molar-refractivity contribution in [2.24, 2.45) is 0 Å². The zero-order chi connectivity index (χ0) is 14.1. The summed E-state index contributed by atoms with van der Waals surface area (Å²) >= 11 is 0. The fourth-order valence-corrected chi connectivity index (χ4v) is 2.86. The van der Waals surface area contributed by atoms with Crippen LogP contribution in [0.1, 0.15) is 26.7 Å². The minimum Gasteiger partial charge on any atom is -0.435 e. The van der Waals surface area contributed by atoms with Crippen LogP contribution in [0.2, 0.25) is 0 Å². The van der Waals surface area contributed by atoms with Crippen LogP contribution in [0.5, 0.6) is 0 Å². The van der Waals surface area contributed by atoms with Crippen LogP contribution < -0.4 is 0 Å². The molecule has 18 heavy (non-hydrogen) atoms. The van der Waals surface area contributed by atoms with E-state index in [9.17, 15) is 19.3 Å². The summed E-state index contributed by atoms with van der Waals surface area (Å²) in [5.41, 5.74) is 0. The number of amides is 2. The molecule has 1 heterocycles. The van der Waals surface area contributed by atoms with Crippen LogP contribution >= 0.6 is 7.82 Å². The quantitative estimate of drug-likeness (QED) is 0.514. The molecule has 0 saturated carbocycles. The minimum atomic E-state index is -4.82. The molecule has 1 rings (SSSR count). The Morgan fingerprint density at radius 3 is 2.33 bits per heavy atom. The van der Waals surface area contributed by atoms with Crippen LogP contribution in [-0.4, -0.2) is 50.1 Å². The molecule has 3 N–H and O–H groups in total. The second-order valence-electron chi connectivity index (χ2n) is 4.44. The summed E-state index contributed by atoms with van der Waals surface area (Å²) in [6.07, 6.45) is -1.64. The second kappa shape index (κ2) is 5.07. The number of imide groups is 1. The lowest BCUT2D eigenvalue weighted by Gasteiger charge is -2.31. The van der Waals surface area contributed by atoms with Gasteiger partial charge in [0, 0.05) is 12.8 Å². The summed E-state index contributed by atoms with van der Waals surface area (Å²) in [5, 5.41) is 9.25. The minimum absolute atomic E-state index is 0.115. The van der Waals surface area contributed by atoms with Gasteiger partial charge in [0.2, 0.25) is 0 Å². The smallest absolute Gasteiger partial charge is 0.435 e. The maximum atomic E-state index is 12.1. The van der Waals surface area contributed by atoms with Crippen molar-refractivity contribution in [2.75, 3.05) is 6.54 Å². The van der Waals surface area contributed by atoms with Crippen molar-refractivity contribution in [1.82, 2.24) is 0 Å². The SMILES string of the molecule is CC(OP(=O)(O)O)C(=O)[N+]1(C(=O)O)CCC[C@H]1C. The molecular formula is C9H17NO7P+. The number of phosphoric ester groups is 1. The van der Waals surface area contributed by atoms with Gasteiger partial charge in [0.15, 0.2) is 6.10 Å². The van der Waals surface area contributed by atoms with E-state index in [2.05, 4.69) is 4.52 Å². The van der Waals surface area contributed by atoms with Crippen molar-refractivity contribution in [3.63, 3.8) is 0 Å². The number of carbonyl (C=O) groups excluding carboxylic acids is 1. The molecule has 104 valence electrons. The number of rotatable bonds is 3. The standard InChI is InChI=1S/C9H16NO7P/c1-6-4-3-5-10(6,9(12)13)8(11)7(2)17-18(14,15)16/h6-7H,3-5H2,1-2H3,(H2-,12,13,14,15,16)/p+1/t6-,7?,10?/m1/s1. The Hall–Kier alpha value is -0.790. The first-order valence-corrected chi connectivity index (χ1v) is 7.04. The predicted molar refractivity (Wildman–Crippen MR) is 59.4 cm³/mol. The van der Waals surface area contributed by atoms with Crippen molar-refractivity contribution in [2.45, 2.75) is 38.8 Å². The van der Waals surface area contributed by atoms with Crippen molar-refractivity contribution in [1.29, 1.82) is 0 Å². The number of hydrogen-bond acceptors (Lipinski definition) is 4. The molecule has 8 nitrogen and oxygen atoms in total. The number of hydrogen-bond donors (Lipinski definition) is 3. The van der Waals surface area contributed by atoms with E-state index in [4.69, 9.17) is 9.79 Å². The lowest BCUT2D eigenvalue weighted by atomic mass is 10.2. The van der Waals surface area contributed by atoms with Gasteiger partial charge in [-0.05, 0) is 13.8 Å². The van der Waals surface area contributed by atoms with Crippen LogP contribution in [0.25, 0.3) is 0 Å². The van der Waals surface area contributed by atoms with E-state index in [-0.39, 0.29) is 6.54 Å². The molecular weight excluding hydrogens is 265 g/mol. The first-order chi connectivity index (χ1) is 8.11. The number of nitrogens with zero attached hydrogens (tertiary/aromatic N) is 1. The molecule has 9 heteroatoms. The Labute approximate surface area is 104 Å². The fourth-order valence-electron chi connectivity index (χ4n) is 2.36. The maximum absolute atomic E-state index is 12.1. The van der Waals surface area contributed by atoms with E-state index < -0.39 is 36.5 Å². The molecule has 0 aromatic heterocycles. The molecule has 0 aliphatic carbocycles. The van der Waals surface area contributed by atoms with Gasteiger partial charge < -0.3 is 14.9 Å². The molecule has 3 atom stereocenters. The topological polar surface area (TPSA) is 121 Å². The highest BCUT2D eigenvalue weighted by Gasteiger charge is 2.55. The Morgan fingerprint density at radius 1 is 1.44 bits per heavy atom. The van der Waals surface area contributed by atoms with Crippen molar-refractivity contribution in [3.05, 3.63) is 0 Å². The molecule has 1 fully saturated rings. The Kier molecular flexibility index (Phi) is 4.30. The predicted octanol–water partition coefficient (Wildman–Crippen LogP) is 0.688. The third-order valence-corrected chi connectivity index (χ3v) is 3.85. The van der Waals surface area contributed by atoms with Gasteiger partial charge in [0.25, 0.3) is 0 Å². The lowest BCUT2D eigenvalue weighted by Crippen LogP contribution is -2.61. The van der Waals surface area contributed by atoms with E-state index in [0.29, 0.717) is 12.8 Å². The van der Waals surface area contributed by atoms with Gasteiger partial charge in [0.1, 0.15) is 6.04 Å².